The molecule has 9 heteroatoms. The van der Waals surface area contributed by atoms with Crippen LogP contribution in [0.3, 0.4) is 0 Å². The number of aliphatic imine (C=N–C) groups is 1. The van der Waals surface area contributed by atoms with Crippen LogP contribution in [0, 0.1) is 13.8 Å². The fourth-order valence-corrected chi connectivity index (χ4v) is 4.72. The lowest BCUT2D eigenvalue weighted by Crippen LogP contribution is -2.44. The van der Waals surface area contributed by atoms with E-state index < -0.39 is 9.84 Å². The lowest BCUT2D eigenvalue weighted by molar-refractivity contribution is 0.409. The van der Waals surface area contributed by atoms with E-state index in [-0.39, 0.29) is 0 Å². The van der Waals surface area contributed by atoms with Crippen molar-refractivity contribution in [1.82, 2.24) is 25.4 Å². The van der Waals surface area contributed by atoms with E-state index in [1.54, 1.807) is 6.07 Å². The molecule has 8 nitrogen and oxygen atoms in total. The first-order chi connectivity index (χ1) is 14.2. The molecule has 0 saturated heterocycles. The number of aryl methyl sites for hydroxylation is 2. The van der Waals surface area contributed by atoms with Crippen molar-refractivity contribution in [3.05, 3.63) is 41.0 Å². The summed E-state index contributed by atoms with van der Waals surface area (Å²) in [6, 6.07) is 5.81. The normalized spacial score (nSPS) is 15.9. The van der Waals surface area contributed by atoms with Crippen LogP contribution in [0.1, 0.15) is 54.9 Å². The Kier molecular flexibility index (Phi) is 7.12. The van der Waals surface area contributed by atoms with Gasteiger partial charge in [-0.1, -0.05) is 31.4 Å². The first-order valence-electron chi connectivity index (χ1n) is 10.4. The molecule has 1 saturated carbocycles. The van der Waals surface area contributed by atoms with Gasteiger partial charge in [0.15, 0.2) is 21.6 Å². The van der Waals surface area contributed by atoms with Gasteiger partial charge in [0.2, 0.25) is 0 Å². The number of hydrogen-bond acceptors (Lipinski definition) is 5. The molecule has 3 rings (SSSR count). The number of benzene rings is 1. The minimum absolute atomic E-state index is 0.367. The fraction of sp³-hybridized carbons (Fsp3) is 0.571. The Balaban J connectivity index is 1.73. The number of rotatable bonds is 6. The fourth-order valence-electron chi connectivity index (χ4n) is 3.76. The molecule has 0 amide bonds. The number of sulfone groups is 1. The second-order valence-electron chi connectivity index (χ2n) is 8.09. The highest BCUT2D eigenvalue weighted by Gasteiger charge is 2.16. The zero-order valence-corrected chi connectivity index (χ0v) is 19.1. The molecule has 1 aliphatic carbocycles. The molecular weight excluding hydrogens is 400 g/mol. The summed E-state index contributed by atoms with van der Waals surface area (Å²) in [5.74, 6) is 2.46. The molecule has 2 aromatic rings. The van der Waals surface area contributed by atoms with Crippen LogP contribution in [-0.2, 0) is 30.0 Å². The summed E-state index contributed by atoms with van der Waals surface area (Å²) in [7, 11) is -1.27. The van der Waals surface area contributed by atoms with Crippen LogP contribution in [0.2, 0.25) is 0 Å². The Bertz CT molecular complexity index is 1010. The van der Waals surface area contributed by atoms with Crippen molar-refractivity contribution in [1.29, 1.82) is 0 Å². The average Bonchev–Trinajstić information content (AvgIpc) is 3.02. The molecule has 164 valence electrons. The summed E-state index contributed by atoms with van der Waals surface area (Å²) in [6.45, 7) is 4.74. The predicted octanol–water partition coefficient (Wildman–Crippen LogP) is 2.40. The van der Waals surface area contributed by atoms with Crippen LogP contribution in [0.15, 0.2) is 28.1 Å². The van der Waals surface area contributed by atoms with Gasteiger partial charge in [-0.05, 0) is 43.9 Å². The summed E-state index contributed by atoms with van der Waals surface area (Å²) in [6.07, 6.45) is 7.29. The predicted molar refractivity (Wildman–Crippen MR) is 118 cm³/mol. The number of aromatic nitrogens is 3. The van der Waals surface area contributed by atoms with Gasteiger partial charge in [-0.25, -0.2) is 13.4 Å². The van der Waals surface area contributed by atoms with E-state index in [0.29, 0.717) is 24.0 Å². The Morgan fingerprint density at radius 3 is 2.53 bits per heavy atom. The van der Waals surface area contributed by atoms with Gasteiger partial charge in [-0.2, -0.15) is 0 Å². The van der Waals surface area contributed by atoms with Gasteiger partial charge in [-0.3, -0.25) is 0 Å². The minimum Gasteiger partial charge on any atom is -0.354 e. The van der Waals surface area contributed by atoms with Gasteiger partial charge in [0, 0.05) is 19.3 Å². The third kappa shape index (κ3) is 5.81. The van der Waals surface area contributed by atoms with Crippen LogP contribution in [-0.4, -0.2) is 41.4 Å². The molecular formula is C21H32N6O2S. The van der Waals surface area contributed by atoms with Crippen LogP contribution in [0.25, 0.3) is 0 Å². The van der Waals surface area contributed by atoms with E-state index in [9.17, 15) is 8.42 Å². The van der Waals surface area contributed by atoms with Crippen molar-refractivity contribution in [2.75, 3.05) is 6.26 Å². The molecule has 0 spiro atoms. The van der Waals surface area contributed by atoms with Crippen LogP contribution in [0.5, 0.6) is 0 Å². The van der Waals surface area contributed by atoms with Gasteiger partial charge in [-0.15, -0.1) is 10.2 Å². The largest absolute Gasteiger partial charge is 0.354 e. The third-order valence-electron chi connectivity index (χ3n) is 5.60. The van der Waals surface area contributed by atoms with E-state index in [1.165, 1.54) is 25.5 Å². The average molecular weight is 433 g/mol. The van der Waals surface area contributed by atoms with Gasteiger partial charge >= 0.3 is 0 Å². The number of nitrogens with one attached hydrogen (secondary N) is 2. The highest BCUT2D eigenvalue weighted by atomic mass is 32.2. The topological polar surface area (TPSA) is 101 Å². The van der Waals surface area contributed by atoms with Crippen molar-refractivity contribution >= 4 is 15.8 Å². The molecule has 1 aliphatic rings. The van der Waals surface area contributed by atoms with Crippen LogP contribution >= 0.6 is 0 Å². The van der Waals surface area contributed by atoms with E-state index >= 15 is 0 Å². The molecule has 0 aliphatic heterocycles. The van der Waals surface area contributed by atoms with Gasteiger partial charge in [0.1, 0.15) is 5.82 Å². The maximum atomic E-state index is 11.8. The Labute approximate surface area is 179 Å². The molecule has 0 bridgehead atoms. The van der Waals surface area contributed by atoms with Crippen LogP contribution < -0.4 is 10.6 Å². The second-order valence-corrected chi connectivity index (χ2v) is 10.1. The minimum atomic E-state index is -3.22. The quantitative estimate of drug-likeness (QED) is 0.537. The van der Waals surface area contributed by atoms with E-state index in [0.717, 1.165) is 41.6 Å². The first-order valence-corrected chi connectivity index (χ1v) is 12.3. The smallest absolute Gasteiger partial charge is 0.192 e. The van der Waals surface area contributed by atoms with E-state index in [1.807, 2.05) is 37.6 Å². The Morgan fingerprint density at radius 1 is 1.20 bits per heavy atom. The summed E-state index contributed by atoms with van der Waals surface area (Å²) >= 11 is 0. The van der Waals surface area contributed by atoms with Gasteiger partial charge in [0.25, 0.3) is 0 Å². The molecule has 1 fully saturated rings. The zero-order valence-electron chi connectivity index (χ0n) is 18.3. The molecule has 2 N–H and O–H groups in total. The van der Waals surface area contributed by atoms with Crippen molar-refractivity contribution < 1.29 is 8.42 Å². The van der Waals surface area contributed by atoms with Crippen molar-refractivity contribution in [3.8, 4) is 0 Å². The number of hydrogen-bond donors (Lipinski definition) is 2. The summed E-state index contributed by atoms with van der Waals surface area (Å²) in [5, 5.41) is 15.2. The maximum Gasteiger partial charge on any atom is 0.192 e. The highest BCUT2D eigenvalue weighted by Crippen LogP contribution is 2.18. The lowest BCUT2D eigenvalue weighted by atomic mass is 9.96. The lowest BCUT2D eigenvalue weighted by Gasteiger charge is -2.25. The van der Waals surface area contributed by atoms with E-state index in [4.69, 9.17) is 4.99 Å². The SMILES string of the molecule is Cc1cc(CN=C(NCc2nnc(C)n2C)NC2CCCCC2)ccc1S(C)(=O)=O. The Morgan fingerprint density at radius 2 is 1.93 bits per heavy atom. The molecule has 1 aromatic heterocycles. The van der Waals surface area contributed by atoms with Crippen molar-refractivity contribution in [3.63, 3.8) is 0 Å². The summed E-state index contributed by atoms with van der Waals surface area (Å²) in [4.78, 5) is 5.13. The molecule has 30 heavy (non-hydrogen) atoms. The molecule has 1 heterocycles. The molecule has 0 atom stereocenters. The highest BCUT2D eigenvalue weighted by molar-refractivity contribution is 7.90. The second kappa shape index (κ2) is 9.59. The first kappa shape index (κ1) is 22.3. The number of nitrogens with zero attached hydrogens (tertiary/aromatic N) is 4. The number of guanidine groups is 1. The molecule has 1 aromatic carbocycles. The standard InChI is InChI=1S/C21H32N6O2S/c1-15-12-17(10-11-19(15)30(4,28)29)13-22-21(24-18-8-6-5-7-9-18)23-14-20-26-25-16(2)27(20)3/h10-12,18H,5-9,13-14H2,1-4H3,(H2,22,23,24). The summed E-state index contributed by atoms with van der Waals surface area (Å²) < 4.78 is 25.6. The Hall–Kier alpha value is -2.42. The van der Waals surface area contributed by atoms with Crippen LogP contribution in [0.4, 0.5) is 0 Å². The van der Waals surface area contributed by atoms with E-state index in [2.05, 4.69) is 20.8 Å². The molecule has 0 unspecified atom stereocenters. The molecule has 0 radical (unpaired) electrons. The van der Waals surface area contributed by atoms with Gasteiger partial charge < -0.3 is 15.2 Å². The van der Waals surface area contributed by atoms with Crippen molar-refractivity contribution in [2.45, 2.75) is 70.0 Å². The van der Waals surface area contributed by atoms with Gasteiger partial charge in [0.05, 0.1) is 18.0 Å². The third-order valence-corrected chi connectivity index (χ3v) is 6.86. The van der Waals surface area contributed by atoms with Crippen molar-refractivity contribution in [2.24, 2.45) is 12.0 Å². The maximum absolute atomic E-state index is 11.8. The zero-order chi connectivity index (χ0) is 21.7. The monoisotopic (exact) mass is 432 g/mol. The summed E-state index contributed by atoms with van der Waals surface area (Å²) in [5.41, 5.74) is 1.72.